The molecule has 1 heteroatoms. The van der Waals surface area contributed by atoms with Gasteiger partial charge in [0.05, 0.1) is 5.60 Å². The molecule has 0 saturated carbocycles. The van der Waals surface area contributed by atoms with Crippen molar-refractivity contribution in [2.45, 2.75) is 38.7 Å². The van der Waals surface area contributed by atoms with Gasteiger partial charge in [0, 0.05) is 6.42 Å². The van der Waals surface area contributed by atoms with Gasteiger partial charge in [-0.1, -0.05) is 37.3 Å². The van der Waals surface area contributed by atoms with Gasteiger partial charge in [-0.25, -0.2) is 0 Å². The Kier molecular flexibility index (Phi) is 4.39. The van der Waals surface area contributed by atoms with Gasteiger partial charge >= 0.3 is 0 Å². The van der Waals surface area contributed by atoms with Gasteiger partial charge in [-0.05, 0) is 25.3 Å². The SMILES string of the molecule is CC#CCCC(O)(CC)c1ccccc1. The van der Waals surface area contributed by atoms with Crippen LogP contribution in [0.1, 0.15) is 38.7 Å². The lowest BCUT2D eigenvalue weighted by Crippen LogP contribution is -2.24. The van der Waals surface area contributed by atoms with Crippen LogP contribution in [0.3, 0.4) is 0 Å². The minimum absolute atomic E-state index is 0.703. The first-order chi connectivity index (χ1) is 7.23. The van der Waals surface area contributed by atoms with Gasteiger partial charge in [-0.2, -0.15) is 0 Å². The van der Waals surface area contributed by atoms with Crippen molar-refractivity contribution in [1.29, 1.82) is 0 Å². The Labute approximate surface area is 92.1 Å². The molecule has 0 bridgehead atoms. The molecule has 80 valence electrons. The zero-order valence-electron chi connectivity index (χ0n) is 9.46. The maximum absolute atomic E-state index is 10.5. The Balaban J connectivity index is 2.79. The third-order valence-corrected chi connectivity index (χ3v) is 2.74. The van der Waals surface area contributed by atoms with Gasteiger partial charge in [-0.15, -0.1) is 11.8 Å². The summed E-state index contributed by atoms with van der Waals surface area (Å²) in [5.74, 6) is 5.85. The van der Waals surface area contributed by atoms with Crippen LogP contribution in [-0.4, -0.2) is 5.11 Å². The third kappa shape index (κ3) is 3.11. The topological polar surface area (TPSA) is 20.2 Å². The molecule has 0 aromatic heterocycles. The van der Waals surface area contributed by atoms with E-state index < -0.39 is 5.60 Å². The van der Waals surface area contributed by atoms with Crippen LogP contribution in [0.4, 0.5) is 0 Å². The fourth-order valence-electron chi connectivity index (χ4n) is 1.67. The highest BCUT2D eigenvalue weighted by Crippen LogP contribution is 2.29. The molecule has 0 saturated heterocycles. The highest BCUT2D eigenvalue weighted by atomic mass is 16.3. The van der Waals surface area contributed by atoms with Crippen LogP contribution in [0.2, 0.25) is 0 Å². The molecule has 1 atom stereocenters. The van der Waals surface area contributed by atoms with Gasteiger partial charge in [0.25, 0.3) is 0 Å². The fourth-order valence-corrected chi connectivity index (χ4v) is 1.67. The van der Waals surface area contributed by atoms with Gasteiger partial charge in [0.1, 0.15) is 0 Å². The van der Waals surface area contributed by atoms with Gasteiger partial charge in [-0.3, -0.25) is 0 Å². The summed E-state index contributed by atoms with van der Waals surface area (Å²) in [6, 6.07) is 9.83. The number of benzene rings is 1. The smallest absolute Gasteiger partial charge is 0.0903 e. The average Bonchev–Trinajstić information content (AvgIpc) is 2.30. The number of aliphatic hydroxyl groups is 1. The highest BCUT2D eigenvalue weighted by molar-refractivity contribution is 5.22. The van der Waals surface area contributed by atoms with Crippen LogP contribution < -0.4 is 0 Å². The van der Waals surface area contributed by atoms with Gasteiger partial charge < -0.3 is 5.11 Å². The van der Waals surface area contributed by atoms with E-state index in [0.717, 1.165) is 18.4 Å². The summed E-state index contributed by atoms with van der Waals surface area (Å²) < 4.78 is 0. The van der Waals surface area contributed by atoms with Crippen LogP contribution in [0.5, 0.6) is 0 Å². The molecule has 0 amide bonds. The van der Waals surface area contributed by atoms with Crippen LogP contribution in [0.25, 0.3) is 0 Å². The molecular weight excluding hydrogens is 184 g/mol. The summed E-state index contributed by atoms with van der Waals surface area (Å²) in [6.07, 6.45) is 2.17. The molecule has 15 heavy (non-hydrogen) atoms. The molecule has 1 aromatic carbocycles. The molecule has 0 fully saturated rings. The molecule has 1 nitrogen and oxygen atoms in total. The molecule has 0 spiro atoms. The molecule has 1 aromatic rings. The van der Waals surface area contributed by atoms with Crippen molar-refractivity contribution in [3.8, 4) is 11.8 Å². The summed E-state index contributed by atoms with van der Waals surface area (Å²) in [6.45, 7) is 3.83. The third-order valence-electron chi connectivity index (χ3n) is 2.74. The fraction of sp³-hybridized carbons (Fsp3) is 0.429. The van der Waals surface area contributed by atoms with E-state index in [1.807, 2.05) is 44.2 Å². The lowest BCUT2D eigenvalue weighted by Gasteiger charge is -2.26. The molecule has 0 radical (unpaired) electrons. The Bertz CT molecular complexity index is 345. The number of hydrogen-bond donors (Lipinski definition) is 1. The Morgan fingerprint density at radius 1 is 1.27 bits per heavy atom. The van der Waals surface area contributed by atoms with Crippen molar-refractivity contribution < 1.29 is 5.11 Å². The summed E-state index contributed by atoms with van der Waals surface area (Å²) in [5, 5.41) is 10.5. The number of hydrogen-bond acceptors (Lipinski definition) is 1. The van der Waals surface area contributed by atoms with Crippen molar-refractivity contribution in [1.82, 2.24) is 0 Å². The van der Waals surface area contributed by atoms with E-state index >= 15 is 0 Å². The summed E-state index contributed by atoms with van der Waals surface area (Å²) in [5.41, 5.74) is 0.274. The zero-order chi connectivity index (χ0) is 11.1. The Morgan fingerprint density at radius 3 is 2.47 bits per heavy atom. The van der Waals surface area contributed by atoms with Crippen molar-refractivity contribution in [2.75, 3.05) is 0 Å². The van der Waals surface area contributed by atoms with E-state index in [9.17, 15) is 5.11 Å². The molecule has 0 aliphatic carbocycles. The monoisotopic (exact) mass is 202 g/mol. The maximum atomic E-state index is 10.5. The largest absolute Gasteiger partial charge is 0.385 e. The van der Waals surface area contributed by atoms with Crippen molar-refractivity contribution in [2.24, 2.45) is 0 Å². The van der Waals surface area contributed by atoms with Crippen molar-refractivity contribution in [3.05, 3.63) is 35.9 Å². The normalized spacial score (nSPS) is 13.8. The first-order valence-corrected chi connectivity index (χ1v) is 5.40. The predicted octanol–water partition coefficient (Wildman–Crippen LogP) is 3.09. The Hall–Kier alpha value is -1.26. The van der Waals surface area contributed by atoms with Gasteiger partial charge in [0.2, 0.25) is 0 Å². The molecular formula is C14H18O. The first-order valence-electron chi connectivity index (χ1n) is 5.40. The first kappa shape index (κ1) is 11.8. The van der Waals surface area contributed by atoms with E-state index in [2.05, 4.69) is 11.8 Å². The minimum atomic E-state index is -0.717. The lowest BCUT2D eigenvalue weighted by atomic mass is 9.87. The predicted molar refractivity (Wildman–Crippen MR) is 63.3 cm³/mol. The maximum Gasteiger partial charge on any atom is 0.0903 e. The van der Waals surface area contributed by atoms with Crippen LogP contribution >= 0.6 is 0 Å². The van der Waals surface area contributed by atoms with Crippen molar-refractivity contribution >= 4 is 0 Å². The molecule has 1 N–H and O–H groups in total. The van der Waals surface area contributed by atoms with Crippen LogP contribution in [-0.2, 0) is 5.60 Å². The summed E-state index contributed by atoms with van der Waals surface area (Å²) in [4.78, 5) is 0. The summed E-state index contributed by atoms with van der Waals surface area (Å²) in [7, 11) is 0. The average molecular weight is 202 g/mol. The van der Waals surface area contributed by atoms with Crippen LogP contribution in [0.15, 0.2) is 30.3 Å². The highest BCUT2D eigenvalue weighted by Gasteiger charge is 2.25. The minimum Gasteiger partial charge on any atom is -0.385 e. The molecule has 0 aliphatic heterocycles. The second-order valence-electron chi connectivity index (χ2n) is 3.68. The standard InChI is InChI=1S/C14H18O/c1-3-5-9-12-14(15,4-2)13-10-7-6-8-11-13/h6-8,10-11,15H,4,9,12H2,1-2H3. The molecule has 0 aliphatic rings. The zero-order valence-corrected chi connectivity index (χ0v) is 9.46. The quantitative estimate of drug-likeness (QED) is 0.744. The van der Waals surface area contributed by atoms with Gasteiger partial charge in [0.15, 0.2) is 0 Å². The van der Waals surface area contributed by atoms with E-state index in [4.69, 9.17) is 0 Å². The molecule has 0 heterocycles. The number of rotatable bonds is 4. The van der Waals surface area contributed by atoms with Crippen LogP contribution in [0, 0.1) is 11.8 Å². The second kappa shape index (κ2) is 5.58. The van der Waals surface area contributed by atoms with E-state index in [-0.39, 0.29) is 0 Å². The van der Waals surface area contributed by atoms with E-state index in [0.29, 0.717) is 6.42 Å². The lowest BCUT2D eigenvalue weighted by molar-refractivity contribution is 0.0248. The second-order valence-corrected chi connectivity index (χ2v) is 3.68. The molecule has 1 unspecified atom stereocenters. The summed E-state index contributed by atoms with van der Waals surface area (Å²) >= 11 is 0. The van der Waals surface area contributed by atoms with Crippen molar-refractivity contribution in [3.63, 3.8) is 0 Å². The van der Waals surface area contributed by atoms with E-state index in [1.165, 1.54) is 0 Å². The Morgan fingerprint density at radius 2 is 1.93 bits per heavy atom. The molecule has 1 rings (SSSR count). The van der Waals surface area contributed by atoms with E-state index in [1.54, 1.807) is 0 Å².